The number of unbranched alkanes of at least 4 members (excludes halogenated alkanes) is 1. The molecule has 1 fully saturated rings. The fourth-order valence-electron chi connectivity index (χ4n) is 3.98. The van der Waals surface area contributed by atoms with Crippen molar-refractivity contribution < 1.29 is 0 Å². The van der Waals surface area contributed by atoms with Gasteiger partial charge >= 0.3 is 0 Å². The molecule has 1 aliphatic rings. The average Bonchev–Trinajstić information content (AvgIpc) is 2.50. The van der Waals surface area contributed by atoms with Crippen LogP contribution in [0, 0.1) is 5.92 Å². The smallest absolute Gasteiger partial charge is 0.0459 e. The first kappa shape index (κ1) is 21.4. The highest BCUT2D eigenvalue weighted by atomic mass is 35.5. The van der Waals surface area contributed by atoms with Gasteiger partial charge in [0.2, 0.25) is 0 Å². The molecule has 0 amide bonds. The van der Waals surface area contributed by atoms with Crippen LogP contribution < -0.4 is 5.32 Å². The highest BCUT2D eigenvalue weighted by Crippen LogP contribution is 2.50. The largest absolute Gasteiger partial charge is 0.313 e. The van der Waals surface area contributed by atoms with Crippen LogP contribution in [0.5, 0.6) is 0 Å². The summed E-state index contributed by atoms with van der Waals surface area (Å²) in [4.78, 5) is 0. The molecule has 0 spiro atoms. The molecule has 0 aliphatic heterocycles. The van der Waals surface area contributed by atoms with Crippen molar-refractivity contribution >= 4 is 35.0 Å². The van der Waals surface area contributed by atoms with E-state index in [0.29, 0.717) is 12.0 Å². The Morgan fingerprint density at radius 1 is 1.20 bits per heavy atom. The Kier molecular flexibility index (Phi) is 8.95. The second kappa shape index (κ2) is 10.4. The maximum atomic E-state index is 6.61. The highest BCUT2D eigenvalue weighted by molar-refractivity contribution is 7.99. The fraction of sp³-hybridized carbons (Fsp3) is 0.714. The minimum Gasteiger partial charge on any atom is -0.313 e. The number of hydrogen-bond donors (Lipinski definition) is 1. The zero-order valence-electron chi connectivity index (χ0n) is 15.9. The van der Waals surface area contributed by atoms with E-state index < -0.39 is 0 Å². The van der Waals surface area contributed by atoms with Crippen LogP contribution in [-0.4, -0.2) is 24.1 Å². The number of nitrogens with one attached hydrogen (secondary N) is 1. The molecule has 0 aromatic heterocycles. The molecule has 0 bridgehead atoms. The van der Waals surface area contributed by atoms with Crippen LogP contribution in [0.15, 0.2) is 18.2 Å². The summed E-state index contributed by atoms with van der Waals surface area (Å²) in [5, 5.41) is 5.47. The van der Waals surface area contributed by atoms with E-state index in [-0.39, 0.29) is 5.41 Å². The first-order valence-electron chi connectivity index (χ1n) is 9.76. The number of thioether (sulfide) groups is 1. The van der Waals surface area contributed by atoms with Crippen LogP contribution in [0.3, 0.4) is 0 Å². The summed E-state index contributed by atoms with van der Waals surface area (Å²) in [6, 6.07) is 6.57. The molecule has 0 radical (unpaired) electrons. The lowest BCUT2D eigenvalue weighted by molar-refractivity contribution is 0.151. The third-order valence-corrected chi connectivity index (χ3v) is 6.93. The third-order valence-electron chi connectivity index (χ3n) is 5.40. The van der Waals surface area contributed by atoms with Gasteiger partial charge in [-0.1, -0.05) is 56.5 Å². The first-order chi connectivity index (χ1) is 12.0. The zero-order valence-corrected chi connectivity index (χ0v) is 18.2. The standard InChI is InChI=1S/C21H33Cl2NS/c1-4-25-13-6-5-12-24-20(14-16(2)3)21(10-7-11-21)18-9-8-17(22)15-19(18)23/h8-9,15-16,20,24H,4-7,10-14H2,1-3H3. The van der Waals surface area contributed by atoms with Gasteiger partial charge in [0, 0.05) is 21.5 Å². The summed E-state index contributed by atoms with van der Waals surface area (Å²) in [6.45, 7) is 7.98. The van der Waals surface area contributed by atoms with E-state index in [1.807, 2.05) is 23.9 Å². The highest BCUT2D eigenvalue weighted by Gasteiger charge is 2.46. The first-order valence-corrected chi connectivity index (χ1v) is 11.7. The lowest BCUT2D eigenvalue weighted by Crippen LogP contribution is -2.53. The van der Waals surface area contributed by atoms with Crippen molar-refractivity contribution in [3.8, 4) is 0 Å². The molecule has 1 aromatic rings. The van der Waals surface area contributed by atoms with Crippen molar-refractivity contribution in [1.82, 2.24) is 5.32 Å². The minimum absolute atomic E-state index is 0.185. The number of rotatable bonds is 11. The van der Waals surface area contributed by atoms with E-state index in [4.69, 9.17) is 23.2 Å². The van der Waals surface area contributed by atoms with E-state index >= 15 is 0 Å². The van der Waals surface area contributed by atoms with Gasteiger partial charge in [0.15, 0.2) is 0 Å². The van der Waals surface area contributed by atoms with Crippen molar-refractivity contribution in [2.24, 2.45) is 5.92 Å². The average molecular weight is 402 g/mol. The van der Waals surface area contributed by atoms with Crippen LogP contribution in [0.2, 0.25) is 10.0 Å². The summed E-state index contributed by atoms with van der Waals surface area (Å²) in [5.41, 5.74) is 1.48. The molecule has 0 heterocycles. The molecule has 1 N–H and O–H groups in total. The molecular formula is C21H33Cl2NS. The molecule has 2 rings (SSSR count). The monoisotopic (exact) mass is 401 g/mol. The van der Waals surface area contributed by atoms with Crippen molar-refractivity contribution in [2.75, 3.05) is 18.1 Å². The quantitative estimate of drug-likeness (QED) is 0.402. The Morgan fingerprint density at radius 3 is 2.52 bits per heavy atom. The van der Waals surface area contributed by atoms with Gasteiger partial charge in [-0.05, 0) is 73.8 Å². The Bertz CT molecular complexity index is 529. The van der Waals surface area contributed by atoms with Gasteiger partial charge in [-0.2, -0.15) is 11.8 Å². The molecule has 4 heteroatoms. The lowest BCUT2D eigenvalue weighted by atomic mass is 9.58. The summed E-state index contributed by atoms with van der Waals surface area (Å²) in [7, 11) is 0. The van der Waals surface area contributed by atoms with Gasteiger partial charge < -0.3 is 5.32 Å². The number of halogens is 2. The Balaban J connectivity index is 2.08. The minimum atomic E-state index is 0.185. The normalized spacial score (nSPS) is 17.5. The summed E-state index contributed by atoms with van der Waals surface area (Å²) >= 11 is 14.8. The van der Waals surface area contributed by atoms with E-state index in [2.05, 4.69) is 32.2 Å². The van der Waals surface area contributed by atoms with Crippen molar-refractivity contribution in [3.05, 3.63) is 33.8 Å². The predicted octanol–water partition coefficient (Wildman–Crippen LogP) is 6.95. The lowest BCUT2D eigenvalue weighted by Gasteiger charge is -2.50. The van der Waals surface area contributed by atoms with Crippen LogP contribution in [0.25, 0.3) is 0 Å². The van der Waals surface area contributed by atoms with Crippen molar-refractivity contribution in [2.45, 2.75) is 70.8 Å². The second-order valence-electron chi connectivity index (χ2n) is 7.67. The van der Waals surface area contributed by atoms with Gasteiger partial charge in [0.05, 0.1) is 0 Å². The SMILES string of the molecule is CCSCCCCNC(CC(C)C)C1(c2ccc(Cl)cc2Cl)CCC1. The molecule has 1 saturated carbocycles. The van der Waals surface area contributed by atoms with Gasteiger partial charge in [-0.25, -0.2) is 0 Å². The molecule has 1 aliphatic carbocycles. The topological polar surface area (TPSA) is 12.0 Å². The van der Waals surface area contributed by atoms with Gasteiger partial charge in [-0.15, -0.1) is 0 Å². The molecule has 1 atom stereocenters. The Labute approximate surface area is 168 Å². The predicted molar refractivity (Wildman–Crippen MR) is 115 cm³/mol. The zero-order chi connectivity index (χ0) is 18.3. The Morgan fingerprint density at radius 2 is 1.96 bits per heavy atom. The van der Waals surface area contributed by atoms with Crippen LogP contribution in [0.4, 0.5) is 0 Å². The maximum absolute atomic E-state index is 6.61. The molecule has 1 unspecified atom stereocenters. The number of benzene rings is 1. The van der Waals surface area contributed by atoms with Crippen molar-refractivity contribution in [3.63, 3.8) is 0 Å². The van der Waals surface area contributed by atoms with Gasteiger partial charge in [-0.3, -0.25) is 0 Å². The summed E-state index contributed by atoms with van der Waals surface area (Å²) in [6.07, 6.45) is 7.50. The molecular weight excluding hydrogens is 369 g/mol. The molecule has 1 aromatic carbocycles. The third kappa shape index (κ3) is 5.79. The summed E-state index contributed by atoms with van der Waals surface area (Å²) < 4.78 is 0. The van der Waals surface area contributed by atoms with Gasteiger partial charge in [0.25, 0.3) is 0 Å². The molecule has 142 valence electrons. The van der Waals surface area contributed by atoms with E-state index in [0.717, 1.165) is 16.6 Å². The number of hydrogen-bond acceptors (Lipinski definition) is 2. The Hall–Kier alpha value is 0.110. The molecule has 0 saturated heterocycles. The van der Waals surface area contributed by atoms with Gasteiger partial charge in [0.1, 0.15) is 0 Å². The van der Waals surface area contributed by atoms with E-state index in [1.165, 1.54) is 55.6 Å². The van der Waals surface area contributed by atoms with Crippen LogP contribution in [0.1, 0.15) is 64.9 Å². The fourth-order valence-corrected chi connectivity index (χ4v) is 5.28. The van der Waals surface area contributed by atoms with E-state index in [9.17, 15) is 0 Å². The maximum Gasteiger partial charge on any atom is 0.0459 e. The molecule has 1 nitrogen and oxygen atoms in total. The second-order valence-corrected chi connectivity index (χ2v) is 9.91. The van der Waals surface area contributed by atoms with Crippen molar-refractivity contribution in [1.29, 1.82) is 0 Å². The molecule has 25 heavy (non-hydrogen) atoms. The van der Waals surface area contributed by atoms with E-state index in [1.54, 1.807) is 0 Å². The summed E-state index contributed by atoms with van der Waals surface area (Å²) in [5.74, 6) is 3.18. The van der Waals surface area contributed by atoms with Crippen LogP contribution >= 0.6 is 35.0 Å². The van der Waals surface area contributed by atoms with Crippen LogP contribution in [-0.2, 0) is 5.41 Å².